The van der Waals surface area contributed by atoms with Gasteiger partial charge in [-0.25, -0.2) is 14.1 Å². The van der Waals surface area contributed by atoms with Crippen molar-refractivity contribution in [3.8, 4) is 16.9 Å². The highest BCUT2D eigenvalue weighted by atomic mass is 19.4. The Labute approximate surface area is 203 Å². The predicted molar refractivity (Wildman–Crippen MR) is 124 cm³/mol. The number of amides is 1. The Balaban J connectivity index is 1.46. The second-order valence-corrected chi connectivity index (χ2v) is 8.61. The van der Waals surface area contributed by atoms with Crippen LogP contribution in [0, 0.1) is 12.7 Å². The fraction of sp³-hybridized carbons (Fsp3) is 0.250. The molecule has 1 atom stereocenters. The van der Waals surface area contributed by atoms with Crippen LogP contribution in [0.15, 0.2) is 55.1 Å². The molecule has 2 aromatic heterocycles. The van der Waals surface area contributed by atoms with Gasteiger partial charge < -0.3 is 15.2 Å². The molecule has 0 aliphatic carbocycles. The number of hydrogen-bond donors (Lipinski definition) is 1. The van der Waals surface area contributed by atoms with Gasteiger partial charge in [0.15, 0.2) is 0 Å². The number of rotatable bonds is 4. The third kappa shape index (κ3) is 4.41. The van der Waals surface area contributed by atoms with E-state index in [0.29, 0.717) is 27.5 Å². The highest BCUT2D eigenvalue weighted by Gasteiger charge is 2.40. The molecule has 0 spiro atoms. The highest BCUT2D eigenvalue weighted by Crippen LogP contribution is 2.35. The Bertz CT molecular complexity index is 1440. The topological polar surface area (TPSA) is 94.9 Å². The molecule has 2 aromatic carbocycles. The molecule has 1 aliphatic heterocycles. The molecule has 5 rings (SSSR count). The number of anilines is 2. The van der Waals surface area contributed by atoms with Crippen molar-refractivity contribution in [1.82, 2.24) is 24.5 Å². The van der Waals surface area contributed by atoms with Gasteiger partial charge >= 0.3 is 6.18 Å². The lowest BCUT2D eigenvalue weighted by Crippen LogP contribution is -2.42. The second-order valence-electron chi connectivity index (χ2n) is 8.61. The maximum Gasteiger partial charge on any atom is 0.406 e. The Kier molecular flexibility index (Phi) is 5.73. The monoisotopic (exact) mass is 499 g/mol. The zero-order chi connectivity index (χ0) is 25.6. The van der Waals surface area contributed by atoms with Crippen molar-refractivity contribution < 1.29 is 22.4 Å². The molecule has 12 heteroatoms. The molecule has 1 amide bonds. The van der Waals surface area contributed by atoms with Gasteiger partial charge in [-0.1, -0.05) is 17.3 Å². The van der Waals surface area contributed by atoms with Crippen LogP contribution < -0.4 is 10.6 Å². The number of alkyl halides is 3. The van der Waals surface area contributed by atoms with Crippen LogP contribution in [0.4, 0.5) is 28.9 Å². The van der Waals surface area contributed by atoms with Crippen LogP contribution in [-0.4, -0.2) is 43.2 Å². The van der Waals surface area contributed by atoms with Gasteiger partial charge in [-0.05, 0) is 44.0 Å². The summed E-state index contributed by atoms with van der Waals surface area (Å²) in [6, 6.07) is 7.93. The van der Waals surface area contributed by atoms with E-state index in [1.807, 2.05) is 13.1 Å². The standard InChI is InChI=1S/C24H21F4N7O/c1-14-10-33(13-30-14)21-7-5-15(9-18(21)29)19-11-35(32-31-19)22-8-6-16-17(25)3-2-4-20(16)34(23(22)36)12-24(26,27)28/h2-5,7,9-11,13,22H,6,8,12,29H2,1H3/t22-/m1/s1. The lowest BCUT2D eigenvalue weighted by Gasteiger charge is -2.26. The lowest BCUT2D eigenvalue weighted by molar-refractivity contribution is -0.134. The van der Waals surface area contributed by atoms with Crippen LogP contribution in [0.3, 0.4) is 0 Å². The van der Waals surface area contributed by atoms with E-state index in [-0.39, 0.29) is 24.1 Å². The zero-order valence-electron chi connectivity index (χ0n) is 19.1. The van der Waals surface area contributed by atoms with Gasteiger partial charge in [-0.3, -0.25) is 4.79 Å². The largest absolute Gasteiger partial charge is 0.406 e. The van der Waals surface area contributed by atoms with Gasteiger partial charge in [0.1, 0.15) is 24.1 Å². The van der Waals surface area contributed by atoms with Gasteiger partial charge in [-0.2, -0.15) is 13.2 Å². The maximum absolute atomic E-state index is 14.5. The summed E-state index contributed by atoms with van der Waals surface area (Å²) in [7, 11) is 0. The number of nitrogens with zero attached hydrogens (tertiary/aromatic N) is 6. The van der Waals surface area contributed by atoms with Crippen LogP contribution in [0.5, 0.6) is 0 Å². The summed E-state index contributed by atoms with van der Waals surface area (Å²) < 4.78 is 57.5. The highest BCUT2D eigenvalue weighted by molar-refractivity contribution is 5.97. The summed E-state index contributed by atoms with van der Waals surface area (Å²) in [6.07, 6.45) is 0.402. The first-order valence-corrected chi connectivity index (χ1v) is 11.1. The first kappa shape index (κ1) is 23.5. The summed E-state index contributed by atoms with van der Waals surface area (Å²) in [4.78, 5) is 18.1. The van der Waals surface area contributed by atoms with E-state index in [1.54, 1.807) is 29.1 Å². The predicted octanol–water partition coefficient (Wildman–Crippen LogP) is 4.24. The molecule has 0 saturated carbocycles. The average Bonchev–Trinajstić information content (AvgIpc) is 3.44. The van der Waals surface area contributed by atoms with E-state index >= 15 is 0 Å². The summed E-state index contributed by atoms with van der Waals surface area (Å²) >= 11 is 0. The molecule has 186 valence electrons. The molecule has 36 heavy (non-hydrogen) atoms. The van der Waals surface area contributed by atoms with Crippen molar-refractivity contribution in [2.75, 3.05) is 17.2 Å². The van der Waals surface area contributed by atoms with E-state index in [0.717, 1.165) is 5.69 Å². The van der Waals surface area contributed by atoms with Crippen molar-refractivity contribution >= 4 is 17.3 Å². The number of nitrogens with two attached hydrogens (primary N) is 1. The first-order chi connectivity index (χ1) is 17.1. The molecule has 4 aromatic rings. The van der Waals surface area contributed by atoms with Crippen molar-refractivity contribution in [3.05, 3.63) is 72.2 Å². The van der Waals surface area contributed by atoms with E-state index < -0.39 is 30.5 Å². The average molecular weight is 499 g/mol. The maximum atomic E-state index is 14.5. The number of benzene rings is 2. The SMILES string of the molecule is Cc1cn(-c2ccc(-c3cn([C@@H]4CCc5c(F)cccc5N(CC(F)(F)F)C4=O)nn3)cc2N)cn1. The van der Waals surface area contributed by atoms with Crippen molar-refractivity contribution in [2.45, 2.75) is 32.0 Å². The van der Waals surface area contributed by atoms with Gasteiger partial charge in [-0.15, -0.1) is 5.10 Å². The minimum Gasteiger partial charge on any atom is -0.397 e. The first-order valence-electron chi connectivity index (χ1n) is 11.1. The molecular formula is C24H21F4N7O. The number of fused-ring (bicyclic) bond motifs is 1. The number of nitrogen functional groups attached to an aromatic ring is 1. The minimum atomic E-state index is -4.67. The molecule has 0 fully saturated rings. The van der Waals surface area contributed by atoms with E-state index in [4.69, 9.17) is 5.73 Å². The zero-order valence-corrected chi connectivity index (χ0v) is 19.1. The van der Waals surface area contributed by atoms with E-state index in [2.05, 4.69) is 15.3 Å². The van der Waals surface area contributed by atoms with Crippen LogP contribution in [0.25, 0.3) is 16.9 Å². The fourth-order valence-electron chi connectivity index (χ4n) is 4.40. The third-order valence-electron chi connectivity index (χ3n) is 6.08. The normalized spacial score (nSPS) is 16.2. The van der Waals surface area contributed by atoms with Gasteiger partial charge in [0, 0.05) is 17.3 Å². The van der Waals surface area contributed by atoms with E-state index in [1.165, 1.54) is 29.1 Å². The van der Waals surface area contributed by atoms with Crippen molar-refractivity contribution in [1.29, 1.82) is 0 Å². The summed E-state index contributed by atoms with van der Waals surface area (Å²) in [6.45, 7) is 0.322. The third-order valence-corrected chi connectivity index (χ3v) is 6.08. The van der Waals surface area contributed by atoms with Crippen LogP contribution in [0.1, 0.15) is 23.7 Å². The Morgan fingerprint density at radius 1 is 1.14 bits per heavy atom. The number of aromatic nitrogens is 5. The molecule has 0 radical (unpaired) electrons. The molecule has 8 nitrogen and oxygen atoms in total. The lowest BCUT2D eigenvalue weighted by atomic mass is 10.1. The Hall–Kier alpha value is -4.22. The minimum absolute atomic E-state index is 0.0605. The smallest absolute Gasteiger partial charge is 0.397 e. The summed E-state index contributed by atoms with van der Waals surface area (Å²) in [5.41, 5.74) is 9.20. The number of carbonyl (C=O) groups excluding carboxylic acids is 1. The number of hydrogen-bond acceptors (Lipinski definition) is 5. The number of aryl methyl sites for hydroxylation is 1. The number of halogens is 4. The number of imidazole rings is 1. The molecule has 1 aliphatic rings. The van der Waals surface area contributed by atoms with Gasteiger partial charge in [0.25, 0.3) is 5.91 Å². The molecular weight excluding hydrogens is 478 g/mol. The van der Waals surface area contributed by atoms with Crippen LogP contribution >= 0.6 is 0 Å². The Morgan fingerprint density at radius 3 is 2.64 bits per heavy atom. The molecule has 0 bridgehead atoms. The quantitative estimate of drug-likeness (QED) is 0.335. The molecule has 3 heterocycles. The Morgan fingerprint density at radius 2 is 1.94 bits per heavy atom. The number of carbonyl (C=O) groups is 1. The molecule has 2 N–H and O–H groups in total. The van der Waals surface area contributed by atoms with Crippen molar-refractivity contribution in [3.63, 3.8) is 0 Å². The summed E-state index contributed by atoms with van der Waals surface area (Å²) in [5.74, 6) is -1.49. The second kappa shape index (κ2) is 8.77. The molecule has 0 unspecified atom stereocenters. The van der Waals surface area contributed by atoms with Crippen LogP contribution in [0.2, 0.25) is 0 Å². The van der Waals surface area contributed by atoms with Gasteiger partial charge in [0.2, 0.25) is 0 Å². The summed E-state index contributed by atoms with van der Waals surface area (Å²) in [5, 5.41) is 8.14. The molecule has 0 saturated heterocycles. The van der Waals surface area contributed by atoms with Crippen LogP contribution in [-0.2, 0) is 11.2 Å². The van der Waals surface area contributed by atoms with Gasteiger partial charge in [0.05, 0.1) is 35.3 Å². The van der Waals surface area contributed by atoms with E-state index in [9.17, 15) is 22.4 Å². The fourth-order valence-corrected chi connectivity index (χ4v) is 4.40. The van der Waals surface area contributed by atoms with Crippen molar-refractivity contribution in [2.24, 2.45) is 0 Å².